The van der Waals surface area contributed by atoms with Crippen LogP contribution in [0.2, 0.25) is 0 Å². The topological polar surface area (TPSA) is 42.4 Å². The fourth-order valence-corrected chi connectivity index (χ4v) is 3.39. The molecule has 0 aliphatic carbocycles. The zero-order chi connectivity index (χ0) is 14.1. The van der Waals surface area contributed by atoms with Gasteiger partial charge in [-0.25, -0.2) is 4.39 Å². The van der Waals surface area contributed by atoms with Crippen LogP contribution >= 0.6 is 15.9 Å². The third-order valence-corrected chi connectivity index (χ3v) is 4.75. The molecule has 0 N–H and O–H groups in total. The highest BCUT2D eigenvalue weighted by molar-refractivity contribution is 9.10. The number of carbonyl (C=O) groups excluding carboxylic acids is 1. The minimum atomic E-state index is -0.622. The summed E-state index contributed by atoms with van der Waals surface area (Å²) in [7, 11) is 1.74. The molecule has 0 saturated carbocycles. The highest BCUT2D eigenvalue weighted by Gasteiger charge is 2.56. The molecule has 0 radical (unpaired) electrons. The van der Waals surface area contributed by atoms with Crippen LogP contribution in [-0.2, 0) is 14.9 Å². The van der Waals surface area contributed by atoms with E-state index in [4.69, 9.17) is 4.74 Å². The molecule has 1 fully saturated rings. The van der Waals surface area contributed by atoms with Gasteiger partial charge in [0.15, 0.2) is 0 Å². The van der Waals surface area contributed by atoms with Gasteiger partial charge in [-0.15, -0.1) is 0 Å². The maximum absolute atomic E-state index is 13.7. The molecule has 20 heavy (non-hydrogen) atoms. The second kappa shape index (κ2) is 3.77. The van der Waals surface area contributed by atoms with Crippen molar-refractivity contribution in [1.82, 2.24) is 4.98 Å². The lowest BCUT2D eigenvalue weighted by molar-refractivity contribution is -0.139. The van der Waals surface area contributed by atoms with Crippen molar-refractivity contribution in [2.45, 2.75) is 5.41 Å². The van der Waals surface area contributed by atoms with Crippen molar-refractivity contribution in [2.75, 3.05) is 25.2 Å². The Morgan fingerprint density at radius 1 is 1.45 bits per heavy atom. The zero-order valence-electron chi connectivity index (χ0n) is 10.6. The summed E-state index contributed by atoms with van der Waals surface area (Å²) < 4.78 is 19.3. The van der Waals surface area contributed by atoms with Gasteiger partial charge in [0, 0.05) is 24.1 Å². The third-order valence-electron chi connectivity index (χ3n) is 4.14. The van der Waals surface area contributed by atoms with Crippen LogP contribution in [-0.4, -0.2) is 31.2 Å². The van der Waals surface area contributed by atoms with E-state index in [2.05, 4.69) is 20.9 Å². The first kappa shape index (κ1) is 12.2. The number of ether oxygens (including phenoxy) is 1. The maximum atomic E-state index is 13.7. The molecule has 6 heteroatoms. The van der Waals surface area contributed by atoms with Gasteiger partial charge in [-0.05, 0) is 22.0 Å². The van der Waals surface area contributed by atoms with Gasteiger partial charge in [-0.3, -0.25) is 9.78 Å². The van der Waals surface area contributed by atoms with Gasteiger partial charge >= 0.3 is 0 Å². The number of halogens is 2. The molecule has 2 aromatic rings. The minimum Gasteiger partial charge on any atom is -0.378 e. The Hall–Kier alpha value is -1.53. The summed E-state index contributed by atoms with van der Waals surface area (Å²) in [4.78, 5) is 18.4. The number of rotatable bonds is 0. The third kappa shape index (κ3) is 1.28. The molecule has 1 saturated heterocycles. The number of benzene rings is 1. The highest BCUT2D eigenvalue weighted by Crippen LogP contribution is 2.48. The Morgan fingerprint density at radius 2 is 2.20 bits per heavy atom. The minimum absolute atomic E-state index is 0.0218. The van der Waals surface area contributed by atoms with Crippen LogP contribution in [0.15, 0.2) is 22.8 Å². The van der Waals surface area contributed by atoms with Crippen molar-refractivity contribution in [1.29, 1.82) is 0 Å². The monoisotopic (exact) mass is 336 g/mol. The van der Waals surface area contributed by atoms with Crippen molar-refractivity contribution >= 4 is 38.4 Å². The first-order chi connectivity index (χ1) is 9.54. The van der Waals surface area contributed by atoms with Crippen LogP contribution in [0.5, 0.6) is 0 Å². The van der Waals surface area contributed by atoms with E-state index in [0.29, 0.717) is 23.2 Å². The van der Waals surface area contributed by atoms with Gasteiger partial charge in [-0.1, -0.05) is 0 Å². The molecule has 2 aliphatic rings. The summed E-state index contributed by atoms with van der Waals surface area (Å²) >= 11 is 3.20. The molecule has 4 rings (SSSR count). The smallest absolute Gasteiger partial charge is 0.242 e. The molecule has 1 aromatic heterocycles. The Morgan fingerprint density at radius 3 is 2.85 bits per heavy atom. The molecule has 102 valence electrons. The van der Waals surface area contributed by atoms with Crippen LogP contribution < -0.4 is 4.90 Å². The highest BCUT2D eigenvalue weighted by atomic mass is 79.9. The van der Waals surface area contributed by atoms with Crippen LogP contribution in [0.3, 0.4) is 0 Å². The molecule has 1 amide bonds. The molecule has 3 heterocycles. The van der Waals surface area contributed by atoms with E-state index in [1.165, 1.54) is 6.07 Å². The predicted molar refractivity (Wildman–Crippen MR) is 75.3 cm³/mol. The lowest BCUT2D eigenvalue weighted by Gasteiger charge is -2.36. The lowest BCUT2D eigenvalue weighted by atomic mass is 9.78. The first-order valence-corrected chi connectivity index (χ1v) is 6.98. The average molecular weight is 337 g/mol. The number of likely N-dealkylation sites (N-methyl/N-ethyl adjacent to an activating group) is 1. The summed E-state index contributed by atoms with van der Waals surface area (Å²) in [6, 6.07) is 3.08. The summed E-state index contributed by atoms with van der Waals surface area (Å²) in [6.07, 6.45) is 1.63. The molecule has 1 spiro atoms. The summed E-state index contributed by atoms with van der Waals surface area (Å²) in [6.45, 7) is 0.745. The van der Waals surface area contributed by atoms with Gasteiger partial charge in [-0.2, -0.15) is 0 Å². The summed E-state index contributed by atoms with van der Waals surface area (Å²) in [5, 5.41) is 0.803. The number of fused-ring (bicyclic) bond motifs is 4. The van der Waals surface area contributed by atoms with Gasteiger partial charge in [0.05, 0.1) is 35.1 Å². The van der Waals surface area contributed by atoms with E-state index in [-0.39, 0.29) is 11.7 Å². The van der Waals surface area contributed by atoms with Gasteiger partial charge in [0.2, 0.25) is 5.91 Å². The maximum Gasteiger partial charge on any atom is 0.242 e. The van der Waals surface area contributed by atoms with Crippen molar-refractivity contribution in [3.8, 4) is 0 Å². The number of anilines is 1. The van der Waals surface area contributed by atoms with E-state index in [9.17, 15) is 9.18 Å². The number of hydrogen-bond acceptors (Lipinski definition) is 3. The van der Waals surface area contributed by atoms with Crippen molar-refractivity contribution in [3.05, 3.63) is 34.2 Å². The van der Waals surface area contributed by atoms with Gasteiger partial charge in [0.1, 0.15) is 11.2 Å². The lowest BCUT2D eigenvalue weighted by Crippen LogP contribution is -2.53. The predicted octanol–water partition coefficient (Wildman–Crippen LogP) is 2.38. The number of amides is 1. The standard InChI is InChI=1S/C14H10BrFN2O2/c1-18-11-4-17-10-3-9(16)8(15)2-7(10)12(11)14(13(18)19)5-20-6-14/h2-4H,5-6H2,1H3. The second-order valence-electron chi connectivity index (χ2n) is 5.24. The molecule has 2 aliphatic heterocycles. The fourth-order valence-electron chi connectivity index (χ4n) is 3.05. The van der Waals surface area contributed by atoms with Crippen LogP contribution in [0.1, 0.15) is 5.56 Å². The molecule has 1 aromatic carbocycles. The van der Waals surface area contributed by atoms with Crippen molar-refractivity contribution in [2.24, 2.45) is 0 Å². The Balaban J connectivity index is 2.12. The number of hydrogen-bond donors (Lipinski definition) is 0. The largest absolute Gasteiger partial charge is 0.378 e. The normalized spacial score (nSPS) is 19.6. The molecule has 4 nitrogen and oxygen atoms in total. The molecule has 0 bridgehead atoms. The summed E-state index contributed by atoms with van der Waals surface area (Å²) in [5.41, 5.74) is 1.62. The second-order valence-corrected chi connectivity index (χ2v) is 6.10. The van der Waals surface area contributed by atoms with E-state index in [1.807, 2.05) is 0 Å². The SMILES string of the molecule is CN1C(=O)C2(COC2)c2c1cnc1cc(F)c(Br)cc21. The van der Waals surface area contributed by atoms with Crippen LogP contribution in [0.4, 0.5) is 10.1 Å². The number of nitrogens with zero attached hydrogens (tertiary/aromatic N) is 2. The van der Waals surface area contributed by atoms with E-state index in [0.717, 1.165) is 16.6 Å². The molecular formula is C14H10BrFN2O2. The molecule has 0 unspecified atom stereocenters. The number of carbonyl (C=O) groups is 1. The fraction of sp³-hybridized carbons (Fsp3) is 0.286. The summed E-state index contributed by atoms with van der Waals surface area (Å²) in [5.74, 6) is -0.338. The van der Waals surface area contributed by atoms with Gasteiger partial charge < -0.3 is 9.64 Å². The number of pyridine rings is 1. The Labute approximate surface area is 122 Å². The van der Waals surface area contributed by atoms with E-state index >= 15 is 0 Å². The van der Waals surface area contributed by atoms with Gasteiger partial charge in [0.25, 0.3) is 0 Å². The Kier molecular flexibility index (Phi) is 2.30. The quantitative estimate of drug-likeness (QED) is 0.741. The zero-order valence-corrected chi connectivity index (χ0v) is 12.2. The first-order valence-electron chi connectivity index (χ1n) is 6.19. The Bertz CT molecular complexity index is 773. The van der Waals surface area contributed by atoms with Crippen LogP contribution in [0, 0.1) is 5.82 Å². The molecular weight excluding hydrogens is 327 g/mol. The molecule has 0 atom stereocenters. The van der Waals surface area contributed by atoms with Crippen molar-refractivity contribution in [3.63, 3.8) is 0 Å². The van der Waals surface area contributed by atoms with Crippen molar-refractivity contribution < 1.29 is 13.9 Å². The number of aromatic nitrogens is 1. The van der Waals surface area contributed by atoms with E-state index < -0.39 is 5.41 Å². The van der Waals surface area contributed by atoms with E-state index in [1.54, 1.807) is 24.2 Å². The average Bonchev–Trinajstić information content (AvgIpc) is 2.61. The van der Waals surface area contributed by atoms with Crippen LogP contribution in [0.25, 0.3) is 10.9 Å².